The predicted octanol–water partition coefficient (Wildman–Crippen LogP) is 5.34. The average Bonchev–Trinajstić information content (AvgIpc) is 3.25. The molecule has 164 valence electrons. The van der Waals surface area contributed by atoms with Gasteiger partial charge in [0.15, 0.2) is 5.79 Å². The second kappa shape index (κ2) is 6.95. The van der Waals surface area contributed by atoms with E-state index < -0.39 is 0 Å². The van der Waals surface area contributed by atoms with E-state index in [1.54, 1.807) is 6.92 Å². The van der Waals surface area contributed by atoms with Gasteiger partial charge in [0.25, 0.3) is 0 Å². The van der Waals surface area contributed by atoms with Crippen molar-refractivity contribution in [2.45, 2.75) is 97.4 Å². The first-order chi connectivity index (χ1) is 13.8. The van der Waals surface area contributed by atoms with Crippen LogP contribution in [0.15, 0.2) is 0 Å². The summed E-state index contributed by atoms with van der Waals surface area (Å²) in [5.74, 6) is 3.31. The number of ether oxygens (including phenoxy) is 3. The topological polar surface area (TPSA) is 44.8 Å². The average molecular weight is 405 g/mol. The molecule has 0 aromatic carbocycles. The fourth-order valence-corrected chi connectivity index (χ4v) is 9.15. The normalized spacial score (nSPS) is 51.0. The van der Waals surface area contributed by atoms with Gasteiger partial charge >= 0.3 is 5.97 Å². The standard InChI is InChI=1S/C25H40O4/c1-16(26)29-18-9-11-23(2)17(15-18)5-6-19-20-7-8-22(25(4)27-13-14-28-25)24(20,3)12-10-21(19)23/h17-22H,5-15H2,1-4H3/t17-,18-,19-,20-,21-,22-,23-,24-/m0/s1. The SMILES string of the molecule is CC(=O)O[C@H]1CC[C@@]2(C)[C@@H](CC[C@@H]3[C@@H]2CC[C@]2(C)[C@@H](C4(C)OCCO4)CC[C@@H]32)C1. The highest BCUT2D eigenvalue weighted by atomic mass is 16.7. The lowest BCUT2D eigenvalue weighted by Crippen LogP contribution is -2.55. The zero-order chi connectivity index (χ0) is 20.4. The van der Waals surface area contributed by atoms with E-state index in [9.17, 15) is 4.79 Å². The van der Waals surface area contributed by atoms with Crippen LogP contribution in [-0.4, -0.2) is 31.1 Å². The summed E-state index contributed by atoms with van der Waals surface area (Å²) in [7, 11) is 0. The summed E-state index contributed by atoms with van der Waals surface area (Å²) in [5.41, 5.74) is 0.793. The molecule has 29 heavy (non-hydrogen) atoms. The molecule has 0 aromatic heterocycles. The van der Waals surface area contributed by atoms with Crippen molar-refractivity contribution in [3.8, 4) is 0 Å². The molecule has 5 aliphatic rings. The van der Waals surface area contributed by atoms with Gasteiger partial charge in [-0.3, -0.25) is 4.79 Å². The fourth-order valence-electron chi connectivity index (χ4n) is 9.15. The summed E-state index contributed by atoms with van der Waals surface area (Å²) in [4.78, 5) is 11.5. The van der Waals surface area contributed by atoms with Gasteiger partial charge in [0.2, 0.25) is 0 Å². The summed E-state index contributed by atoms with van der Waals surface area (Å²) in [6.45, 7) is 10.4. The third-order valence-corrected chi connectivity index (χ3v) is 10.4. The third-order valence-electron chi connectivity index (χ3n) is 10.4. The van der Waals surface area contributed by atoms with Crippen LogP contribution in [-0.2, 0) is 19.0 Å². The number of fused-ring (bicyclic) bond motifs is 5. The minimum Gasteiger partial charge on any atom is -0.463 e. The molecule has 0 bridgehead atoms. The zero-order valence-corrected chi connectivity index (χ0v) is 18.9. The maximum absolute atomic E-state index is 11.5. The fraction of sp³-hybridized carbons (Fsp3) is 0.960. The summed E-state index contributed by atoms with van der Waals surface area (Å²) in [6, 6.07) is 0. The van der Waals surface area contributed by atoms with Crippen LogP contribution in [0.25, 0.3) is 0 Å². The number of hydrogen-bond acceptors (Lipinski definition) is 4. The molecule has 0 spiro atoms. The number of carbonyl (C=O) groups excluding carboxylic acids is 1. The van der Waals surface area contributed by atoms with Crippen molar-refractivity contribution in [1.82, 2.24) is 0 Å². The molecule has 5 rings (SSSR count). The summed E-state index contributed by atoms with van der Waals surface area (Å²) in [5, 5.41) is 0. The Bertz CT molecular complexity index is 655. The first-order valence-electron chi connectivity index (χ1n) is 12.2. The van der Waals surface area contributed by atoms with Crippen molar-refractivity contribution in [3.63, 3.8) is 0 Å². The van der Waals surface area contributed by atoms with Gasteiger partial charge in [-0.25, -0.2) is 0 Å². The molecule has 4 heteroatoms. The van der Waals surface area contributed by atoms with Gasteiger partial charge in [-0.15, -0.1) is 0 Å². The van der Waals surface area contributed by atoms with E-state index in [4.69, 9.17) is 14.2 Å². The second-order valence-corrected chi connectivity index (χ2v) is 11.6. The van der Waals surface area contributed by atoms with Gasteiger partial charge in [0.05, 0.1) is 13.2 Å². The maximum atomic E-state index is 11.5. The smallest absolute Gasteiger partial charge is 0.302 e. The first kappa shape index (κ1) is 20.3. The molecule has 0 unspecified atom stereocenters. The lowest BCUT2D eigenvalue weighted by molar-refractivity contribution is -0.219. The van der Waals surface area contributed by atoms with Gasteiger partial charge in [0, 0.05) is 12.8 Å². The molecule has 0 amide bonds. The lowest BCUT2D eigenvalue weighted by atomic mass is 9.44. The van der Waals surface area contributed by atoms with Crippen LogP contribution in [0.5, 0.6) is 0 Å². The van der Waals surface area contributed by atoms with Crippen LogP contribution in [0.2, 0.25) is 0 Å². The molecule has 0 radical (unpaired) electrons. The van der Waals surface area contributed by atoms with Crippen LogP contribution in [0.3, 0.4) is 0 Å². The largest absolute Gasteiger partial charge is 0.463 e. The number of carbonyl (C=O) groups is 1. The van der Waals surface area contributed by atoms with E-state index >= 15 is 0 Å². The Kier molecular flexibility index (Phi) is 4.87. The molecule has 0 N–H and O–H groups in total. The number of rotatable bonds is 2. The van der Waals surface area contributed by atoms with Crippen LogP contribution in [0.1, 0.15) is 85.5 Å². The highest BCUT2D eigenvalue weighted by Crippen LogP contribution is 2.69. The molecule has 1 saturated heterocycles. The van der Waals surface area contributed by atoms with Crippen molar-refractivity contribution in [2.75, 3.05) is 13.2 Å². The van der Waals surface area contributed by atoms with Crippen LogP contribution < -0.4 is 0 Å². The molecule has 8 atom stereocenters. The van der Waals surface area contributed by atoms with Gasteiger partial charge in [-0.1, -0.05) is 13.8 Å². The van der Waals surface area contributed by atoms with Crippen molar-refractivity contribution >= 4 is 5.97 Å². The molecule has 1 aliphatic heterocycles. The maximum Gasteiger partial charge on any atom is 0.302 e. The minimum atomic E-state index is -0.362. The Morgan fingerprint density at radius 1 is 0.862 bits per heavy atom. The Morgan fingerprint density at radius 2 is 1.55 bits per heavy atom. The zero-order valence-electron chi connectivity index (χ0n) is 18.9. The summed E-state index contributed by atoms with van der Waals surface area (Å²) >= 11 is 0. The third kappa shape index (κ3) is 3.03. The lowest BCUT2D eigenvalue weighted by Gasteiger charge is -2.61. The number of hydrogen-bond donors (Lipinski definition) is 0. The van der Waals surface area contributed by atoms with E-state index in [1.165, 1.54) is 44.9 Å². The van der Waals surface area contributed by atoms with Gasteiger partial charge < -0.3 is 14.2 Å². The molecular weight excluding hydrogens is 364 g/mol. The number of esters is 1. The van der Waals surface area contributed by atoms with E-state index in [0.717, 1.165) is 49.7 Å². The summed E-state index contributed by atoms with van der Waals surface area (Å²) < 4.78 is 17.9. The van der Waals surface area contributed by atoms with Crippen molar-refractivity contribution in [3.05, 3.63) is 0 Å². The molecular formula is C25H40O4. The minimum absolute atomic E-state index is 0.109. The van der Waals surface area contributed by atoms with E-state index in [0.29, 0.717) is 16.7 Å². The van der Waals surface area contributed by atoms with Crippen molar-refractivity contribution in [1.29, 1.82) is 0 Å². The van der Waals surface area contributed by atoms with Crippen molar-refractivity contribution in [2.24, 2.45) is 40.4 Å². The Morgan fingerprint density at radius 3 is 2.28 bits per heavy atom. The molecule has 0 aromatic rings. The molecule has 4 nitrogen and oxygen atoms in total. The van der Waals surface area contributed by atoms with E-state index in [1.807, 2.05) is 0 Å². The highest BCUT2D eigenvalue weighted by Gasteiger charge is 2.63. The van der Waals surface area contributed by atoms with Gasteiger partial charge in [-0.05, 0) is 99.2 Å². The van der Waals surface area contributed by atoms with E-state index in [-0.39, 0.29) is 17.9 Å². The Labute approximate surface area is 176 Å². The Balaban J connectivity index is 1.35. The van der Waals surface area contributed by atoms with Gasteiger partial charge in [0.1, 0.15) is 6.10 Å². The molecule has 5 fully saturated rings. The quantitative estimate of drug-likeness (QED) is 0.583. The predicted molar refractivity (Wildman–Crippen MR) is 111 cm³/mol. The van der Waals surface area contributed by atoms with Crippen LogP contribution in [0.4, 0.5) is 0 Å². The van der Waals surface area contributed by atoms with E-state index in [2.05, 4.69) is 20.8 Å². The highest BCUT2D eigenvalue weighted by molar-refractivity contribution is 5.66. The van der Waals surface area contributed by atoms with Crippen molar-refractivity contribution < 1.29 is 19.0 Å². The monoisotopic (exact) mass is 404 g/mol. The van der Waals surface area contributed by atoms with Gasteiger partial charge in [-0.2, -0.15) is 0 Å². The molecule has 4 saturated carbocycles. The molecule has 1 heterocycles. The molecule has 4 aliphatic carbocycles. The first-order valence-corrected chi connectivity index (χ1v) is 12.2. The Hall–Kier alpha value is -0.610. The second-order valence-electron chi connectivity index (χ2n) is 11.6. The van der Waals surface area contributed by atoms with Crippen LogP contribution in [0, 0.1) is 40.4 Å². The van der Waals surface area contributed by atoms with Crippen LogP contribution >= 0.6 is 0 Å². The summed E-state index contributed by atoms with van der Waals surface area (Å²) in [6.07, 6.45) is 11.5.